The molecule has 170 valence electrons. The van der Waals surface area contributed by atoms with Crippen LogP contribution in [0.1, 0.15) is 117 Å². The average molecular weight is 417 g/mol. The molecule has 0 bridgehead atoms. The zero-order chi connectivity index (χ0) is 22.3. The molecule has 3 heteroatoms. The molecule has 0 saturated carbocycles. The minimum atomic E-state index is -0.649. The van der Waals surface area contributed by atoms with E-state index >= 15 is 0 Å². The zero-order valence-electron chi connectivity index (χ0n) is 19.5. The van der Waals surface area contributed by atoms with Crippen LogP contribution in [-0.4, -0.2) is 23.3 Å². The third-order valence-electron chi connectivity index (χ3n) is 5.10. The van der Waals surface area contributed by atoms with Gasteiger partial charge in [0.2, 0.25) is 0 Å². The molecule has 0 aromatic carbocycles. The van der Waals surface area contributed by atoms with Gasteiger partial charge in [-0.2, -0.15) is 0 Å². The quantitative estimate of drug-likeness (QED) is 0.117. The van der Waals surface area contributed by atoms with E-state index in [0.717, 1.165) is 12.8 Å². The Hall–Kier alpha value is -1.71. The highest BCUT2D eigenvalue weighted by Crippen LogP contribution is 2.14. The average Bonchev–Trinajstić information content (AvgIpc) is 2.72. The van der Waals surface area contributed by atoms with E-state index in [-0.39, 0.29) is 0 Å². The van der Waals surface area contributed by atoms with Crippen molar-refractivity contribution in [1.29, 1.82) is 0 Å². The summed E-state index contributed by atoms with van der Waals surface area (Å²) in [6, 6.07) is 0. The Kier molecular flexibility index (Phi) is 20.7. The molecule has 2 atom stereocenters. The molecular weight excluding hydrogens is 372 g/mol. The summed E-state index contributed by atoms with van der Waals surface area (Å²) in [5.74, 6) is 10.2. The molecule has 0 heterocycles. The van der Waals surface area contributed by atoms with Crippen molar-refractivity contribution in [2.24, 2.45) is 0 Å². The summed E-state index contributed by atoms with van der Waals surface area (Å²) in [6.45, 7) is 7.15. The highest BCUT2D eigenvalue weighted by atomic mass is 16.5. The van der Waals surface area contributed by atoms with Crippen LogP contribution in [0.4, 0.5) is 0 Å². The van der Waals surface area contributed by atoms with Gasteiger partial charge in [0.25, 0.3) is 0 Å². The van der Waals surface area contributed by atoms with Gasteiger partial charge >= 0.3 is 5.97 Å². The van der Waals surface area contributed by atoms with Crippen molar-refractivity contribution in [3.63, 3.8) is 0 Å². The molecule has 0 saturated heterocycles. The van der Waals surface area contributed by atoms with E-state index in [9.17, 15) is 9.90 Å². The van der Waals surface area contributed by atoms with Crippen molar-refractivity contribution in [2.45, 2.75) is 129 Å². The Morgan fingerprint density at radius 2 is 1.27 bits per heavy atom. The van der Waals surface area contributed by atoms with E-state index in [1.807, 2.05) is 0 Å². The molecule has 30 heavy (non-hydrogen) atoms. The van der Waals surface area contributed by atoms with Crippen LogP contribution in [0.25, 0.3) is 0 Å². The van der Waals surface area contributed by atoms with Crippen molar-refractivity contribution in [2.75, 3.05) is 0 Å². The predicted octanol–water partition coefficient (Wildman–Crippen LogP) is 6.73. The minimum absolute atomic E-state index is 0.407. The first kappa shape index (κ1) is 28.3. The van der Waals surface area contributed by atoms with Crippen molar-refractivity contribution in [1.82, 2.24) is 0 Å². The molecule has 0 spiro atoms. The fourth-order valence-corrected chi connectivity index (χ4v) is 3.32. The van der Waals surface area contributed by atoms with Gasteiger partial charge in [0.15, 0.2) is 6.10 Å². The predicted molar refractivity (Wildman–Crippen MR) is 127 cm³/mol. The highest BCUT2D eigenvalue weighted by Gasteiger charge is 2.02. The standard InChI is InChI=1S/C27H44O3/c1-4-6-7-8-9-10-11-12-13-14-15-16-17-18-19-22-26(29)23-20-21-24-27(5-2)30-25(3)28/h5,26-27,29H,2,4,6-19,22H2,1,3H3. The van der Waals surface area contributed by atoms with Crippen LogP contribution < -0.4 is 0 Å². The van der Waals surface area contributed by atoms with Gasteiger partial charge in [-0.3, -0.25) is 4.79 Å². The van der Waals surface area contributed by atoms with Gasteiger partial charge in [-0.1, -0.05) is 109 Å². The molecule has 0 fully saturated rings. The van der Waals surface area contributed by atoms with E-state index in [0.29, 0.717) is 6.42 Å². The Balaban J connectivity index is 3.51. The Morgan fingerprint density at radius 3 is 1.70 bits per heavy atom. The zero-order valence-corrected chi connectivity index (χ0v) is 19.5. The molecule has 0 aliphatic carbocycles. The summed E-state index contributed by atoms with van der Waals surface area (Å²) >= 11 is 0. The van der Waals surface area contributed by atoms with Crippen LogP contribution in [-0.2, 0) is 9.53 Å². The van der Waals surface area contributed by atoms with Crippen molar-refractivity contribution >= 4 is 5.97 Å². The van der Waals surface area contributed by atoms with Gasteiger partial charge in [-0.05, 0) is 36.7 Å². The van der Waals surface area contributed by atoms with Crippen LogP contribution in [0.5, 0.6) is 0 Å². The molecule has 0 rings (SSSR count). The van der Waals surface area contributed by atoms with Gasteiger partial charge in [0.05, 0.1) is 0 Å². The number of rotatable bonds is 18. The summed E-state index contributed by atoms with van der Waals surface area (Å²) in [7, 11) is 0. The third-order valence-corrected chi connectivity index (χ3v) is 5.10. The number of unbranched alkanes of at least 4 members (excludes halogenated alkanes) is 14. The number of carbonyl (C=O) groups is 1. The van der Waals surface area contributed by atoms with Crippen LogP contribution in [0.3, 0.4) is 0 Å². The summed E-state index contributed by atoms with van der Waals surface area (Å²) < 4.78 is 4.91. The largest absolute Gasteiger partial charge is 0.445 e. The van der Waals surface area contributed by atoms with Crippen LogP contribution in [0, 0.1) is 23.7 Å². The van der Waals surface area contributed by atoms with E-state index in [1.165, 1.54) is 96.5 Å². The van der Waals surface area contributed by atoms with E-state index in [4.69, 9.17) is 4.74 Å². The molecule has 0 amide bonds. The van der Waals surface area contributed by atoms with Gasteiger partial charge in [0, 0.05) is 6.92 Å². The molecule has 2 unspecified atom stereocenters. The Bertz CT molecular complexity index is 544. The Labute approximate surface area is 186 Å². The smallest absolute Gasteiger partial charge is 0.304 e. The van der Waals surface area contributed by atoms with Gasteiger partial charge in [-0.15, -0.1) is 0 Å². The van der Waals surface area contributed by atoms with Crippen molar-refractivity contribution < 1.29 is 14.6 Å². The molecule has 0 aromatic heterocycles. The fourth-order valence-electron chi connectivity index (χ4n) is 3.32. The normalized spacial score (nSPS) is 12.1. The molecular formula is C27H44O3. The summed E-state index contributed by atoms with van der Waals surface area (Å²) in [5, 5.41) is 9.87. The van der Waals surface area contributed by atoms with E-state index < -0.39 is 18.2 Å². The monoisotopic (exact) mass is 416 g/mol. The second kappa shape index (κ2) is 22.0. The number of esters is 1. The van der Waals surface area contributed by atoms with Crippen LogP contribution >= 0.6 is 0 Å². The lowest BCUT2D eigenvalue weighted by Crippen LogP contribution is -2.10. The molecule has 3 nitrogen and oxygen atoms in total. The minimum Gasteiger partial charge on any atom is -0.445 e. The fraction of sp³-hybridized carbons (Fsp3) is 0.741. The van der Waals surface area contributed by atoms with Crippen molar-refractivity contribution in [3.05, 3.63) is 12.7 Å². The first-order chi connectivity index (χ1) is 14.6. The van der Waals surface area contributed by atoms with Gasteiger partial charge in [-0.25, -0.2) is 0 Å². The van der Waals surface area contributed by atoms with Crippen LogP contribution in [0.15, 0.2) is 12.7 Å². The van der Waals surface area contributed by atoms with Gasteiger partial charge in [0.1, 0.15) is 6.10 Å². The lowest BCUT2D eigenvalue weighted by Gasteiger charge is -2.04. The maximum atomic E-state index is 10.9. The maximum absolute atomic E-state index is 10.9. The first-order valence-corrected chi connectivity index (χ1v) is 12.1. The summed E-state index contributed by atoms with van der Waals surface area (Å²) in [4.78, 5) is 10.9. The maximum Gasteiger partial charge on any atom is 0.304 e. The number of hydrogen-bond acceptors (Lipinski definition) is 3. The SMILES string of the molecule is C=CC(C#CC#CC(O)CCCCCCCCCCCCCCCCC)OC(C)=O. The first-order valence-electron chi connectivity index (χ1n) is 12.1. The Morgan fingerprint density at radius 1 is 0.833 bits per heavy atom. The number of hydrogen-bond donors (Lipinski definition) is 1. The van der Waals surface area contributed by atoms with Gasteiger partial charge < -0.3 is 9.84 Å². The summed E-state index contributed by atoms with van der Waals surface area (Å²) in [6.07, 6.45) is 20.8. The summed E-state index contributed by atoms with van der Waals surface area (Å²) in [5.41, 5.74) is 0. The lowest BCUT2D eigenvalue weighted by atomic mass is 10.0. The third kappa shape index (κ3) is 21.0. The topological polar surface area (TPSA) is 46.5 Å². The van der Waals surface area contributed by atoms with E-state index in [1.54, 1.807) is 0 Å². The lowest BCUT2D eigenvalue weighted by molar-refractivity contribution is -0.142. The molecule has 1 N–H and O–H groups in total. The molecule has 0 aromatic rings. The molecule has 0 aliphatic heterocycles. The number of carbonyl (C=O) groups excluding carboxylic acids is 1. The van der Waals surface area contributed by atoms with Crippen molar-refractivity contribution in [3.8, 4) is 23.7 Å². The molecule has 0 radical (unpaired) electrons. The van der Waals surface area contributed by atoms with E-state index in [2.05, 4.69) is 37.2 Å². The number of ether oxygens (including phenoxy) is 1. The second-order valence-electron chi connectivity index (χ2n) is 8.06. The van der Waals surface area contributed by atoms with Crippen LogP contribution in [0.2, 0.25) is 0 Å². The second-order valence-corrected chi connectivity index (χ2v) is 8.06. The molecule has 0 aliphatic rings. The number of aliphatic hydroxyl groups excluding tert-OH is 1. The number of aliphatic hydroxyl groups is 1. The highest BCUT2D eigenvalue weighted by molar-refractivity contribution is 5.66.